The maximum Gasteiger partial charge on any atom is 0.261 e. The van der Waals surface area contributed by atoms with Crippen LogP contribution in [-0.4, -0.2) is 35.4 Å². The minimum atomic E-state index is -0.756. The predicted octanol–water partition coefficient (Wildman–Crippen LogP) is 4.76. The molecule has 1 N–H and O–H groups in total. The zero-order valence-corrected chi connectivity index (χ0v) is 19.6. The van der Waals surface area contributed by atoms with E-state index in [9.17, 15) is 14.0 Å². The summed E-state index contributed by atoms with van der Waals surface area (Å²) in [4.78, 5) is 28.3. The standard InChI is InChI=1S/C28H31FN2O3/c1-3-21(2)30-28(33)25(18-22-12-6-4-7-13-22)31(19-23-14-8-5-9-15-23)27(32)20-34-26-17-11-10-16-24(26)29/h4-17,21,25H,3,18-20H2,1-2H3,(H,30,33)/t21-,25-/m1/s1. The van der Waals surface area contributed by atoms with Crippen LogP contribution < -0.4 is 10.1 Å². The molecule has 0 bridgehead atoms. The highest BCUT2D eigenvalue weighted by Crippen LogP contribution is 2.18. The monoisotopic (exact) mass is 462 g/mol. The molecule has 178 valence electrons. The van der Waals surface area contributed by atoms with Crippen molar-refractivity contribution >= 4 is 11.8 Å². The average Bonchev–Trinajstić information content (AvgIpc) is 2.86. The maximum atomic E-state index is 14.0. The molecule has 0 aromatic heterocycles. The molecular weight excluding hydrogens is 431 g/mol. The van der Waals surface area contributed by atoms with Crippen molar-refractivity contribution in [2.45, 2.75) is 45.3 Å². The number of nitrogens with zero attached hydrogens (tertiary/aromatic N) is 1. The summed E-state index contributed by atoms with van der Waals surface area (Å²) in [5.41, 5.74) is 1.82. The van der Waals surface area contributed by atoms with Gasteiger partial charge in [0.05, 0.1) is 0 Å². The first-order chi connectivity index (χ1) is 16.5. The molecule has 6 heteroatoms. The molecule has 0 aliphatic rings. The highest BCUT2D eigenvalue weighted by molar-refractivity contribution is 5.88. The second-order valence-corrected chi connectivity index (χ2v) is 8.25. The summed E-state index contributed by atoms with van der Waals surface area (Å²) in [5.74, 6) is -1.17. The molecule has 2 atom stereocenters. The van der Waals surface area contributed by atoms with Gasteiger partial charge in [0.2, 0.25) is 5.91 Å². The Kier molecular flexibility index (Phi) is 9.21. The third kappa shape index (κ3) is 7.17. The quantitative estimate of drug-likeness (QED) is 0.447. The van der Waals surface area contributed by atoms with Gasteiger partial charge in [-0.25, -0.2) is 4.39 Å². The molecule has 0 spiro atoms. The van der Waals surface area contributed by atoms with E-state index in [0.29, 0.717) is 6.42 Å². The SMILES string of the molecule is CC[C@@H](C)NC(=O)[C@@H](Cc1ccccc1)N(Cc1ccccc1)C(=O)COc1ccccc1F. The first kappa shape index (κ1) is 25.0. The van der Waals surface area contributed by atoms with Crippen LogP contribution in [0.1, 0.15) is 31.4 Å². The lowest BCUT2D eigenvalue weighted by atomic mass is 10.0. The number of amides is 2. The maximum absolute atomic E-state index is 14.0. The molecule has 2 amide bonds. The van der Waals surface area contributed by atoms with Gasteiger partial charge >= 0.3 is 0 Å². The number of carbonyl (C=O) groups is 2. The second-order valence-electron chi connectivity index (χ2n) is 8.25. The van der Waals surface area contributed by atoms with E-state index in [-0.39, 0.29) is 30.9 Å². The van der Waals surface area contributed by atoms with Crippen molar-refractivity contribution in [1.29, 1.82) is 0 Å². The zero-order valence-electron chi connectivity index (χ0n) is 19.6. The lowest BCUT2D eigenvalue weighted by molar-refractivity contribution is -0.143. The average molecular weight is 463 g/mol. The second kappa shape index (κ2) is 12.5. The van der Waals surface area contributed by atoms with Crippen LogP contribution in [0.15, 0.2) is 84.9 Å². The van der Waals surface area contributed by atoms with E-state index in [1.54, 1.807) is 12.1 Å². The summed E-state index contributed by atoms with van der Waals surface area (Å²) in [7, 11) is 0. The fourth-order valence-corrected chi connectivity index (χ4v) is 3.56. The first-order valence-corrected chi connectivity index (χ1v) is 11.5. The Balaban J connectivity index is 1.90. The van der Waals surface area contributed by atoms with Crippen molar-refractivity contribution in [2.24, 2.45) is 0 Å². The van der Waals surface area contributed by atoms with Gasteiger partial charge in [-0.1, -0.05) is 79.7 Å². The van der Waals surface area contributed by atoms with E-state index >= 15 is 0 Å². The molecule has 0 heterocycles. The molecular formula is C28H31FN2O3. The number of nitrogens with one attached hydrogen (secondary N) is 1. The molecule has 34 heavy (non-hydrogen) atoms. The molecule has 3 aromatic carbocycles. The Hall–Kier alpha value is -3.67. The summed E-state index contributed by atoms with van der Waals surface area (Å²) in [5, 5.41) is 3.02. The Morgan fingerprint density at radius 2 is 1.50 bits per heavy atom. The highest BCUT2D eigenvalue weighted by Gasteiger charge is 2.31. The van der Waals surface area contributed by atoms with E-state index in [0.717, 1.165) is 17.5 Å². The fourth-order valence-electron chi connectivity index (χ4n) is 3.56. The number of ether oxygens (including phenoxy) is 1. The molecule has 0 saturated carbocycles. The number of benzene rings is 3. The van der Waals surface area contributed by atoms with Crippen molar-refractivity contribution in [3.8, 4) is 5.75 Å². The Bertz CT molecular complexity index is 1060. The van der Waals surface area contributed by atoms with E-state index in [1.807, 2.05) is 74.5 Å². The minimum Gasteiger partial charge on any atom is -0.481 e. The lowest BCUT2D eigenvalue weighted by Gasteiger charge is -2.32. The van der Waals surface area contributed by atoms with Gasteiger partial charge in [-0.05, 0) is 36.6 Å². The number of rotatable bonds is 11. The summed E-state index contributed by atoms with van der Waals surface area (Å²) >= 11 is 0. The number of para-hydroxylation sites is 1. The highest BCUT2D eigenvalue weighted by atomic mass is 19.1. The Morgan fingerprint density at radius 3 is 2.12 bits per heavy atom. The van der Waals surface area contributed by atoms with Gasteiger partial charge in [0.25, 0.3) is 5.91 Å². The van der Waals surface area contributed by atoms with Crippen LogP contribution >= 0.6 is 0 Å². The number of hydrogen-bond donors (Lipinski definition) is 1. The van der Waals surface area contributed by atoms with Crippen LogP contribution in [0, 0.1) is 5.82 Å². The van der Waals surface area contributed by atoms with Crippen molar-refractivity contribution in [2.75, 3.05) is 6.61 Å². The van der Waals surface area contributed by atoms with Crippen LogP contribution in [-0.2, 0) is 22.6 Å². The van der Waals surface area contributed by atoms with Crippen molar-refractivity contribution < 1.29 is 18.7 Å². The smallest absolute Gasteiger partial charge is 0.261 e. The molecule has 0 radical (unpaired) electrons. The number of hydrogen-bond acceptors (Lipinski definition) is 3. The topological polar surface area (TPSA) is 58.6 Å². The first-order valence-electron chi connectivity index (χ1n) is 11.5. The van der Waals surface area contributed by atoms with Gasteiger partial charge in [-0.2, -0.15) is 0 Å². The third-order valence-corrected chi connectivity index (χ3v) is 5.66. The molecule has 5 nitrogen and oxygen atoms in total. The summed E-state index contributed by atoms with van der Waals surface area (Å²) in [6.07, 6.45) is 1.12. The number of halogens is 1. The van der Waals surface area contributed by atoms with Crippen LogP contribution in [0.4, 0.5) is 4.39 Å². The van der Waals surface area contributed by atoms with Crippen molar-refractivity contribution in [1.82, 2.24) is 10.2 Å². The zero-order chi connectivity index (χ0) is 24.3. The number of carbonyl (C=O) groups excluding carboxylic acids is 2. The van der Waals surface area contributed by atoms with Gasteiger partial charge in [0.1, 0.15) is 6.04 Å². The summed E-state index contributed by atoms with van der Waals surface area (Å²) in [6, 6.07) is 24.2. The van der Waals surface area contributed by atoms with Gasteiger partial charge in [0.15, 0.2) is 18.2 Å². The van der Waals surface area contributed by atoms with Crippen molar-refractivity contribution in [3.05, 3.63) is 102 Å². The largest absolute Gasteiger partial charge is 0.481 e. The van der Waals surface area contributed by atoms with E-state index in [2.05, 4.69) is 5.32 Å². The van der Waals surface area contributed by atoms with Crippen LogP contribution in [0.25, 0.3) is 0 Å². The fraction of sp³-hybridized carbons (Fsp3) is 0.286. The van der Waals surface area contributed by atoms with Crippen LogP contribution in [0.3, 0.4) is 0 Å². The normalized spacial score (nSPS) is 12.4. The Labute approximate surface area is 200 Å². The lowest BCUT2D eigenvalue weighted by Crippen LogP contribution is -2.53. The van der Waals surface area contributed by atoms with Crippen LogP contribution in [0.2, 0.25) is 0 Å². The van der Waals surface area contributed by atoms with Gasteiger partial charge < -0.3 is 15.0 Å². The van der Waals surface area contributed by atoms with Gasteiger partial charge in [0, 0.05) is 19.0 Å². The summed E-state index contributed by atoms with van der Waals surface area (Å²) < 4.78 is 19.5. The van der Waals surface area contributed by atoms with Gasteiger partial charge in [-0.3, -0.25) is 9.59 Å². The van der Waals surface area contributed by atoms with Crippen molar-refractivity contribution in [3.63, 3.8) is 0 Å². The van der Waals surface area contributed by atoms with Crippen LogP contribution in [0.5, 0.6) is 5.75 Å². The van der Waals surface area contributed by atoms with Gasteiger partial charge in [-0.15, -0.1) is 0 Å². The molecule has 0 unspecified atom stereocenters. The van der Waals surface area contributed by atoms with E-state index in [4.69, 9.17) is 4.74 Å². The molecule has 0 aliphatic heterocycles. The molecule has 0 fully saturated rings. The van der Waals surface area contributed by atoms with E-state index < -0.39 is 17.8 Å². The predicted molar refractivity (Wildman–Crippen MR) is 131 cm³/mol. The molecule has 3 aromatic rings. The minimum absolute atomic E-state index is 0.000762. The molecule has 0 saturated heterocycles. The Morgan fingerprint density at radius 1 is 0.912 bits per heavy atom. The third-order valence-electron chi connectivity index (χ3n) is 5.66. The van der Waals surface area contributed by atoms with E-state index in [1.165, 1.54) is 17.0 Å². The summed E-state index contributed by atoms with van der Waals surface area (Å²) in [6.45, 7) is 3.77. The molecule has 3 rings (SSSR count). The molecule has 0 aliphatic carbocycles.